The van der Waals surface area contributed by atoms with E-state index < -0.39 is 11.6 Å². The largest absolute Gasteiger partial charge is 0.483 e. The molecule has 1 atom stereocenters. The number of rotatable bonds is 9. The number of ether oxygens (including phenoxy) is 1. The van der Waals surface area contributed by atoms with Crippen LogP contribution in [0, 0.1) is 20.8 Å². The van der Waals surface area contributed by atoms with Gasteiger partial charge in [-0.25, -0.2) is 0 Å². The van der Waals surface area contributed by atoms with Crippen LogP contribution < -0.4 is 10.1 Å². The van der Waals surface area contributed by atoms with Crippen molar-refractivity contribution >= 4 is 11.8 Å². The first-order valence-corrected chi connectivity index (χ1v) is 12.4. The van der Waals surface area contributed by atoms with Gasteiger partial charge in [0.25, 0.3) is 5.91 Å². The van der Waals surface area contributed by atoms with Gasteiger partial charge in [0.2, 0.25) is 5.91 Å². The quantitative estimate of drug-likeness (QED) is 0.432. The molecule has 0 heterocycles. The fraction of sp³-hybridized carbons (Fsp3) is 0.355. The highest BCUT2D eigenvalue weighted by Crippen LogP contribution is 2.21. The van der Waals surface area contributed by atoms with Crippen LogP contribution in [0.25, 0.3) is 0 Å². The third-order valence-electron chi connectivity index (χ3n) is 6.05. The van der Waals surface area contributed by atoms with E-state index in [2.05, 4.69) is 5.32 Å². The van der Waals surface area contributed by atoms with E-state index in [1.807, 2.05) is 114 Å². The number of hydrogen-bond acceptors (Lipinski definition) is 3. The molecule has 0 aliphatic rings. The maximum absolute atomic E-state index is 13.7. The summed E-state index contributed by atoms with van der Waals surface area (Å²) in [5.74, 6) is 0.256. The first-order valence-electron chi connectivity index (χ1n) is 12.4. The van der Waals surface area contributed by atoms with E-state index in [0.717, 1.165) is 27.8 Å². The van der Waals surface area contributed by atoms with Gasteiger partial charge in [0, 0.05) is 18.5 Å². The maximum Gasteiger partial charge on any atom is 0.261 e. The molecule has 1 N–H and O–H groups in total. The minimum absolute atomic E-state index is 0.149. The molecule has 2 amide bonds. The lowest BCUT2D eigenvalue weighted by molar-refractivity contribution is -0.143. The zero-order valence-electron chi connectivity index (χ0n) is 22.3. The molecule has 190 valence electrons. The maximum atomic E-state index is 13.7. The summed E-state index contributed by atoms with van der Waals surface area (Å²) in [6.07, 6.45) is 0.407. The second-order valence-corrected chi connectivity index (χ2v) is 10.5. The van der Waals surface area contributed by atoms with Crippen LogP contribution in [-0.4, -0.2) is 34.9 Å². The average molecular weight is 487 g/mol. The van der Waals surface area contributed by atoms with Crippen LogP contribution in [0.15, 0.2) is 72.8 Å². The fourth-order valence-corrected chi connectivity index (χ4v) is 4.16. The van der Waals surface area contributed by atoms with E-state index in [4.69, 9.17) is 4.74 Å². The van der Waals surface area contributed by atoms with Gasteiger partial charge in [0.1, 0.15) is 11.8 Å². The zero-order valence-corrected chi connectivity index (χ0v) is 22.3. The number of nitrogens with zero attached hydrogens (tertiary/aromatic N) is 1. The van der Waals surface area contributed by atoms with Gasteiger partial charge in [-0.1, -0.05) is 72.3 Å². The predicted octanol–water partition coefficient (Wildman–Crippen LogP) is 5.55. The number of aryl methyl sites for hydroxylation is 3. The van der Waals surface area contributed by atoms with Crippen LogP contribution in [0.4, 0.5) is 0 Å². The van der Waals surface area contributed by atoms with Crippen molar-refractivity contribution in [2.75, 3.05) is 6.61 Å². The minimum atomic E-state index is -0.693. The number of hydrogen-bond donors (Lipinski definition) is 1. The van der Waals surface area contributed by atoms with Gasteiger partial charge in [0.15, 0.2) is 6.61 Å². The molecule has 3 rings (SSSR count). The zero-order chi connectivity index (χ0) is 26.3. The normalized spacial score (nSPS) is 12.1. The van der Waals surface area contributed by atoms with Gasteiger partial charge >= 0.3 is 0 Å². The van der Waals surface area contributed by atoms with Crippen molar-refractivity contribution in [3.05, 3.63) is 101 Å². The summed E-state index contributed by atoms with van der Waals surface area (Å²) in [4.78, 5) is 29.0. The van der Waals surface area contributed by atoms with Gasteiger partial charge in [-0.15, -0.1) is 0 Å². The Morgan fingerprint density at radius 2 is 1.56 bits per heavy atom. The van der Waals surface area contributed by atoms with Crippen molar-refractivity contribution in [1.82, 2.24) is 10.2 Å². The Labute approximate surface area is 215 Å². The molecule has 0 aliphatic heterocycles. The van der Waals surface area contributed by atoms with Crippen molar-refractivity contribution < 1.29 is 14.3 Å². The van der Waals surface area contributed by atoms with Crippen LogP contribution in [0.3, 0.4) is 0 Å². The van der Waals surface area contributed by atoms with Crippen molar-refractivity contribution in [3.8, 4) is 5.75 Å². The van der Waals surface area contributed by atoms with Crippen molar-refractivity contribution in [2.24, 2.45) is 0 Å². The summed E-state index contributed by atoms with van der Waals surface area (Å²) >= 11 is 0. The molecule has 0 aliphatic carbocycles. The molecule has 3 aromatic rings. The molecule has 0 saturated heterocycles. The van der Waals surface area contributed by atoms with E-state index in [1.165, 1.54) is 0 Å². The molecule has 0 spiro atoms. The standard InChI is InChI=1S/C31H38N2O3/c1-22-16-17-28(24(3)18-22)36-21-29(34)33(20-26-15-11-10-12-23(26)2)27(30(35)32-31(4,5)6)19-25-13-8-7-9-14-25/h7-18,27H,19-21H2,1-6H3,(H,32,35)/t27-/m0/s1. The van der Waals surface area contributed by atoms with Crippen molar-refractivity contribution in [3.63, 3.8) is 0 Å². The van der Waals surface area contributed by atoms with Crippen LogP contribution in [0.5, 0.6) is 5.75 Å². The Morgan fingerprint density at radius 1 is 0.889 bits per heavy atom. The molecular formula is C31H38N2O3. The second kappa shape index (κ2) is 11.9. The van der Waals surface area contributed by atoms with E-state index in [9.17, 15) is 9.59 Å². The summed E-state index contributed by atoms with van der Waals surface area (Å²) in [5, 5.41) is 3.09. The molecule has 0 aromatic heterocycles. The van der Waals surface area contributed by atoms with Gasteiger partial charge in [0.05, 0.1) is 0 Å². The van der Waals surface area contributed by atoms with Crippen molar-refractivity contribution in [1.29, 1.82) is 0 Å². The summed E-state index contributed by atoms with van der Waals surface area (Å²) in [5.41, 5.74) is 4.73. The molecule has 5 nitrogen and oxygen atoms in total. The highest BCUT2D eigenvalue weighted by atomic mass is 16.5. The number of benzene rings is 3. The molecule has 5 heteroatoms. The SMILES string of the molecule is Cc1ccc(OCC(=O)N(Cc2ccccc2C)[C@@H](Cc2ccccc2)C(=O)NC(C)(C)C)c(C)c1. The Kier molecular flexibility index (Phi) is 8.92. The van der Waals surface area contributed by atoms with E-state index in [1.54, 1.807) is 4.90 Å². The third kappa shape index (κ3) is 7.70. The molecule has 3 aromatic carbocycles. The molecule has 0 radical (unpaired) electrons. The second-order valence-electron chi connectivity index (χ2n) is 10.5. The van der Waals surface area contributed by atoms with Crippen LogP contribution >= 0.6 is 0 Å². The Bertz CT molecular complexity index is 1180. The monoisotopic (exact) mass is 486 g/mol. The molecular weight excluding hydrogens is 448 g/mol. The Balaban J connectivity index is 1.95. The molecule has 0 bridgehead atoms. The lowest BCUT2D eigenvalue weighted by Crippen LogP contribution is -2.55. The Hall–Kier alpha value is -3.60. The van der Waals surface area contributed by atoms with Gasteiger partial charge in [-0.05, 0) is 69.9 Å². The van der Waals surface area contributed by atoms with E-state index in [0.29, 0.717) is 18.7 Å². The van der Waals surface area contributed by atoms with Gasteiger partial charge in [-0.3, -0.25) is 9.59 Å². The van der Waals surface area contributed by atoms with Crippen molar-refractivity contribution in [2.45, 2.75) is 66.1 Å². The van der Waals surface area contributed by atoms with Gasteiger partial charge < -0.3 is 15.0 Å². The van der Waals surface area contributed by atoms with Crippen LogP contribution in [-0.2, 0) is 22.6 Å². The number of amides is 2. The topological polar surface area (TPSA) is 58.6 Å². The Morgan fingerprint density at radius 3 is 2.19 bits per heavy atom. The molecule has 36 heavy (non-hydrogen) atoms. The van der Waals surface area contributed by atoms with Gasteiger partial charge in [-0.2, -0.15) is 0 Å². The first-order chi connectivity index (χ1) is 17.0. The molecule has 0 unspecified atom stereocenters. The number of carbonyl (C=O) groups is 2. The molecule has 0 saturated carbocycles. The average Bonchev–Trinajstić information content (AvgIpc) is 2.81. The predicted molar refractivity (Wildman–Crippen MR) is 145 cm³/mol. The summed E-state index contributed by atoms with van der Waals surface area (Å²) in [6, 6.07) is 23.0. The lowest BCUT2D eigenvalue weighted by Gasteiger charge is -2.34. The van der Waals surface area contributed by atoms with Crippen LogP contribution in [0.1, 0.15) is 48.6 Å². The minimum Gasteiger partial charge on any atom is -0.483 e. The smallest absolute Gasteiger partial charge is 0.261 e. The highest BCUT2D eigenvalue weighted by molar-refractivity contribution is 5.89. The summed E-state index contributed by atoms with van der Waals surface area (Å²) in [7, 11) is 0. The molecule has 0 fully saturated rings. The highest BCUT2D eigenvalue weighted by Gasteiger charge is 2.32. The fourth-order valence-electron chi connectivity index (χ4n) is 4.16. The lowest BCUT2D eigenvalue weighted by atomic mass is 10.00. The van der Waals surface area contributed by atoms with Crippen LogP contribution in [0.2, 0.25) is 0 Å². The third-order valence-corrected chi connectivity index (χ3v) is 6.05. The number of nitrogens with one attached hydrogen (secondary N) is 1. The first kappa shape index (κ1) is 27.0. The van der Waals surface area contributed by atoms with E-state index >= 15 is 0 Å². The summed E-state index contributed by atoms with van der Waals surface area (Å²) in [6.45, 7) is 12.0. The van der Waals surface area contributed by atoms with E-state index in [-0.39, 0.29) is 18.4 Å². The summed E-state index contributed by atoms with van der Waals surface area (Å²) < 4.78 is 5.96. The number of carbonyl (C=O) groups excluding carboxylic acids is 2.